The van der Waals surface area contributed by atoms with Gasteiger partial charge in [0.2, 0.25) is 0 Å². The molecule has 1 heterocycles. The molecule has 1 fully saturated rings. The lowest BCUT2D eigenvalue weighted by Gasteiger charge is -2.23. The van der Waals surface area contributed by atoms with Crippen molar-refractivity contribution in [3.8, 4) is 0 Å². The highest BCUT2D eigenvalue weighted by molar-refractivity contribution is 4.79. The van der Waals surface area contributed by atoms with Crippen molar-refractivity contribution in [2.45, 2.75) is 97.1 Å². The summed E-state index contributed by atoms with van der Waals surface area (Å²) in [5.41, 5.74) is 0. The van der Waals surface area contributed by atoms with Crippen LogP contribution in [0.15, 0.2) is 0 Å². The van der Waals surface area contributed by atoms with Gasteiger partial charge >= 0.3 is 0 Å². The fourth-order valence-corrected chi connectivity index (χ4v) is 3.33. The van der Waals surface area contributed by atoms with E-state index in [0.29, 0.717) is 6.10 Å². The van der Waals surface area contributed by atoms with Crippen LogP contribution in [0.1, 0.15) is 85.0 Å². The summed E-state index contributed by atoms with van der Waals surface area (Å²) in [5.74, 6) is 0.750. The predicted octanol–water partition coefficient (Wildman–Crippen LogP) is 4.92. The van der Waals surface area contributed by atoms with E-state index < -0.39 is 0 Å². The molecule has 2 nitrogen and oxygen atoms in total. The van der Waals surface area contributed by atoms with Crippen LogP contribution >= 0.6 is 0 Å². The quantitative estimate of drug-likeness (QED) is 0.513. The highest BCUT2D eigenvalue weighted by atomic mass is 16.5. The zero-order valence-corrected chi connectivity index (χ0v) is 14.1. The van der Waals surface area contributed by atoms with Gasteiger partial charge in [0.25, 0.3) is 0 Å². The molecule has 0 aromatic heterocycles. The molecule has 0 amide bonds. The topological polar surface area (TPSA) is 21.3 Å². The van der Waals surface area contributed by atoms with Crippen molar-refractivity contribution in [2.24, 2.45) is 5.92 Å². The molecule has 0 aliphatic carbocycles. The van der Waals surface area contributed by atoms with Crippen molar-refractivity contribution in [1.82, 2.24) is 5.32 Å². The monoisotopic (exact) mass is 283 g/mol. The van der Waals surface area contributed by atoms with Gasteiger partial charge in [-0.3, -0.25) is 0 Å². The first kappa shape index (κ1) is 18.0. The molecule has 1 rings (SSSR count). The van der Waals surface area contributed by atoms with Gasteiger partial charge in [-0.2, -0.15) is 0 Å². The summed E-state index contributed by atoms with van der Waals surface area (Å²) in [4.78, 5) is 0. The molecule has 1 N–H and O–H groups in total. The first-order valence-electron chi connectivity index (χ1n) is 9.16. The van der Waals surface area contributed by atoms with Crippen molar-refractivity contribution < 1.29 is 4.74 Å². The molecule has 0 aromatic rings. The van der Waals surface area contributed by atoms with Gasteiger partial charge in [-0.05, 0) is 31.6 Å². The molecule has 0 radical (unpaired) electrons. The van der Waals surface area contributed by atoms with E-state index in [-0.39, 0.29) is 0 Å². The third-order valence-corrected chi connectivity index (χ3v) is 4.73. The lowest BCUT2D eigenvalue weighted by molar-refractivity contribution is 0.0864. The maximum Gasteiger partial charge on any atom is 0.0613 e. The van der Waals surface area contributed by atoms with Gasteiger partial charge in [-0.25, -0.2) is 0 Å². The second-order valence-corrected chi connectivity index (χ2v) is 6.46. The van der Waals surface area contributed by atoms with Crippen molar-refractivity contribution in [3.63, 3.8) is 0 Å². The van der Waals surface area contributed by atoms with Crippen LogP contribution in [0.5, 0.6) is 0 Å². The Kier molecular flexibility index (Phi) is 10.4. The molecule has 1 saturated heterocycles. The summed E-state index contributed by atoms with van der Waals surface area (Å²) in [6.45, 7) is 8.98. The van der Waals surface area contributed by atoms with Gasteiger partial charge < -0.3 is 10.1 Å². The molecule has 2 heteroatoms. The Morgan fingerprint density at radius 3 is 2.20 bits per heavy atom. The fourth-order valence-electron chi connectivity index (χ4n) is 3.33. The standard InChI is InChI=1S/C18H37NO/c1-4-7-9-11-17(12-10-8-5-2)19-15-16-13-14-20-18(16)6-3/h16-19H,4-15H2,1-3H3. The number of rotatable bonds is 12. The van der Waals surface area contributed by atoms with E-state index in [1.807, 2.05) is 0 Å². The van der Waals surface area contributed by atoms with Crippen molar-refractivity contribution in [3.05, 3.63) is 0 Å². The molecule has 2 atom stereocenters. The van der Waals surface area contributed by atoms with Crippen molar-refractivity contribution in [1.29, 1.82) is 0 Å². The van der Waals surface area contributed by atoms with Gasteiger partial charge in [-0.15, -0.1) is 0 Å². The summed E-state index contributed by atoms with van der Waals surface area (Å²) in [6.07, 6.45) is 13.9. The lowest BCUT2D eigenvalue weighted by atomic mass is 9.97. The van der Waals surface area contributed by atoms with Gasteiger partial charge in [0.05, 0.1) is 6.10 Å². The number of nitrogens with one attached hydrogen (secondary N) is 1. The van der Waals surface area contributed by atoms with Crippen LogP contribution in [0, 0.1) is 5.92 Å². The minimum Gasteiger partial charge on any atom is -0.378 e. The normalized spacial score (nSPS) is 22.8. The maximum atomic E-state index is 5.80. The highest BCUT2D eigenvalue weighted by Crippen LogP contribution is 2.23. The van der Waals surface area contributed by atoms with E-state index in [0.717, 1.165) is 18.6 Å². The van der Waals surface area contributed by atoms with Gasteiger partial charge in [0.15, 0.2) is 0 Å². The van der Waals surface area contributed by atoms with Crippen LogP contribution in [-0.4, -0.2) is 25.3 Å². The molecule has 120 valence electrons. The average molecular weight is 284 g/mol. The SMILES string of the molecule is CCCCCC(CCCCC)NCC1CCOC1CC. The van der Waals surface area contributed by atoms with Crippen LogP contribution in [0.25, 0.3) is 0 Å². The number of hydrogen-bond donors (Lipinski definition) is 1. The molecule has 0 bridgehead atoms. The Morgan fingerprint density at radius 1 is 1.00 bits per heavy atom. The van der Waals surface area contributed by atoms with E-state index in [1.54, 1.807) is 0 Å². The average Bonchev–Trinajstić information content (AvgIpc) is 2.92. The number of hydrogen-bond acceptors (Lipinski definition) is 2. The largest absolute Gasteiger partial charge is 0.378 e. The van der Waals surface area contributed by atoms with Crippen molar-refractivity contribution in [2.75, 3.05) is 13.2 Å². The predicted molar refractivity (Wildman–Crippen MR) is 88.2 cm³/mol. The second kappa shape index (κ2) is 11.6. The van der Waals surface area contributed by atoms with E-state index in [2.05, 4.69) is 26.1 Å². The van der Waals surface area contributed by atoms with Gasteiger partial charge in [-0.1, -0.05) is 59.3 Å². The van der Waals surface area contributed by atoms with Crippen LogP contribution < -0.4 is 5.32 Å². The van der Waals surface area contributed by atoms with Gasteiger partial charge in [0, 0.05) is 19.2 Å². The minimum atomic E-state index is 0.509. The Labute approximate surface area is 127 Å². The summed E-state index contributed by atoms with van der Waals surface area (Å²) < 4.78 is 5.80. The summed E-state index contributed by atoms with van der Waals surface area (Å²) in [7, 11) is 0. The number of unbranched alkanes of at least 4 members (excludes halogenated alkanes) is 4. The Bertz CT molecular complexity index is 209. The molecule has 20 heavy (non-hydrogen) atoms. The fraction of sp³-hybridized carbons (Fsp3) is 1.00. The molecule has 0 aromatic carbocycles. The zero-order chi connectivity index (χ0) is 14.6. The lowest BCUT2D eigenvalue weighted by Crippen LogP contribution is -2.36. The zero-order valence-electron chi connectivity index (χ0n) is 14.1. The third kappa shape index (κ3) is 7.08. The molecule has 1 aliphatic heterocycles. The molecule has 0 spiro atoms. The molecule has 1 aliphatic rings. The summed E-state index contributed by atoms with van der Waals surface area (Å²) in [5, 5.41) is 3.86. The van der Waals surface area contributed by atoms with Crippen LogP contribution in [-0.2, 0) is 4.74 Å². The molecular formula is C18H37NO. The minimum absolute atomic E-state index is 0.509. The van der Waals surface area contributed by atoms with E-state index in [9.17, 15) is 0 Å². The smallest absolute Gasteiger partial charge is 0.0613 e. The third-order valence-electron chi connectivity index (χ3n) is 4.73. The van der Waals surface area contributed by atoms with Crippen LogP contribution in [0.2, 0.25) is 0 Å². The van der Waals surface area contributed by atoms with E-state index in [1.165, 1.54) is 70.8 Å². The Morgan fingerprint density at radius 2 is 1.65 bits per heavy atom. The highest BCUT2D eigenvalue weighted by Gasteiger charge is 2.26. The second-order valence-electron chi connectivity index (χ2n) is 6.46. The first-order chi connectivity index (χ1) is 9.81. The van der Waals surface area contributed by atoms with Crippen molar-refractivity contribution >= 4 is 0 Å². The molecular weight excluding hydrogens is 246 g/mol. The summed E-state index contributed by atoms with van der Waals surface area (Å²) >= 11 is 0. The number of ether oxygens (including phenoxy) is 1. The molecule has 2 unspecified atom stereocenters. The van der Waals surface area contributed by atoms with Crippen LogP contribution in [0.3, 0.4) is 0 Å². The van der Waals surface area contributed by atoms with Crippen LogP contribution in [0.4, 0.5) is 0 Å². The van der Waals surface area contributed by atoms with E-state index >= 15 is 0 Å². The summed E-state index contributed by atoms with van der Waals surface area (Å²) in [6, 6.07) is 0.742. The Balaban J connectivity index is 2.26. The van der Waals surface area contributed by atoms with Gasteiger partial charge in [0.1, 0.15) is 0 Å². The molecule has 0 saturated carbocycles. The first-order valence-corrected chi connectivity index (χ1v) is 9.16. The maximum absolute atomic E-state index is 5.80. The van der Waals surface area contributed by atoms with E-state index in [4.69, 9.17) is 4.74 Å². The Hall–Kier alpha value is -0.0800.